The van der Waals surface area contributed by atoms with E-state index in [1.54, 1.807) is 0 Å². The first-order valence-electron chi connectivity index (χ1n) is 5.87. The van der Waals surface area contributed by atoms with Crippen LogP contribution in [0.5, 0.6) is 0 Å². The van der Waals surface area contributed by atoms with Crippen molar-refractivity contribution in [2.75, 3.05) is 0 Å². The second-order valence-electron chi connectivity index (χ2n) is 4.26. The van der Waals surface area contributed by atoms with E-state index >= 15 is 0 Å². The Bertz CT molecular complexity index is 373. The summed E-state index contributed by atoms with van der Waals surface area (Å²) in [6, 6.07) is 2.46. The zero-order valence-electron chi connectivity index (χ0n) is 10.6. The van der Waals surface area contributed by atoms with Gasteiger partial charge in [-0.2, -0.15) is 0 Å². The molecule has 1 heterocycles. The van der Waals surface area contributed by atoms with Gasteiger partial charge in [0.25, 0.3) is 0 Å². The lowest BCUT2D eigenvalue weighted by atomic mass is 10.1. The maximum atomic E-state index is 5.52. The summed E-state index contributed by atoms with van der Waals surface area (Å²) in [4.78, 5) is 0. The summed E-state index contributed by atoms with van der Waals surface area (Å²) in [6.07, 6.45) is 7.60. The number of nitrogens with one attached hydrogen (secondary N) is 1. The first-order valence-corrected chi connectivity index (χ1v) is 5.87. The minimum atomic E-state index is 0.148. The Hall–Kier alpha value is -1.20. The van der Waals surface area contributed by atoms with Gasteiger partial charge in [-0.05, 0) is 33.3 Å². The van der Waals surface area contributed by atoms with Crippen molar-refractivity contribution in [2.24, 2.45) is 0 Å². The van der Waals surface area contributed by atoms with Crippen LogP contribution in [0.15, 0.2) is 10.5 Å². The SMILES string of the molecule is C#CC(CCC)NC(C)c1cc(C)oc1C. The van der Waals surface area contributed by atoms with E-state index in [-0.39, 0.29) is 12.1 Å². The summed E-state index contributed by atoms with van der Waals surface area (Å²) in [5.41, 5.74) is 1.20. The molecule has 0 aliphatic heterocycles. The number of hydrogen-bond donors (Lipinski definition) is 1. The smallest absolute Gasteiger partial charge is 0.105 e. The average Bonchev–Trinajstić information content (AvgIpc) is 2.57. The maximum absolute atomic E-state index is 5.52. The largest absolute Gasteiger partial charge is 0.466 e. The highest BCUT2D eigenvalue weighted by atomic mass is 16.3. The van der Waals surface area contributed by atoms with E-state index in [9.17, 15) is 0 Å². The highest BCUT2D eigenvalue weighted by Crippen LogP contribution is 2.21. The van der Waals surface area contributed by atoms with E-state index in [1.807, 2.05) is 13.8 Å². The van der Waals surface area contributed by atoms with E-state index in [4.69, 9.17) is 10.8 Å². The third-order valence-corrected chi connectivity index (χ3v) is 2.78. The maximum Gasteiger partial charge on any atom is 0.105 e. The van der Waals surface area contributed by atoms with E-state index in [2.05, 4.69) is 31.2 Å². The van der Waals surface area contributed by atoms with Crippen LogP contribution in [0, 0.1) is 26.2 Å². The molecule has 1 N–H and O–H groups in total. The summed E-state index contributed by atoms with van der Waals surface area (Å²) in [6.45, 7) is 8.22. The summed E-state index contributed by atoms with van der Waals surface area (Å²) in [5, 5.41) is 3.44. The molecule has 0 aliphatic carbocycles. The molecule has 1 aromatic rings. The van der Waals surface area contributed by atoms with Gasteiger partial charge in [0.15, 0.2) is 0 Å². The minimum absolute atomic E-state index is 0.148. The molecular weight excluding hydrogens is 198 g/mol. The molecule has 88 valence electrons. The van der Waals surface area contributed by atoms with Crippen molar-refractivity contribution in [3.63, 3.8) is 0 Å². The Labute approximate surface area is 98.4 Å². The van der Waals surface area contributed by atoms with Crippen molar-refractivity contribution in [1.82, 2.24) is 5.32 Å². The zero-order chi connectivity index (χ0) is 12.1. The number of rotatable bonds is 5. The highest BCUT2D eigenvalue weighted by molar-refractivity contribution is 5.24. The minimum Gasteiger partial charge on any atom is -0.466 e. The number of furan rings is 1. The third-order valence-electron chi connectivity index (χ3n) is 2.78. The van der Waals surface area contributed by atoms with Gasteiger partial charge >= 0.3 is 0 Å². The van der Waals surface area contributed by atoms with Gasteiger partial charge in [-0.25, -0.2) is 0 Å². The van der Waals surface area contributed by atoms with Gasteiger partial charge in [0, 0.05) is 11.6 Å². The summed E-state index contributed by atoms with van der Waals surface area (Å²) in [7, 11) is 0. The van der Waals surface area contributed by atoms with Crippen LogP contribution in [0.3, 0.4) is 0 Å². The fourth-order valence-electron chi connectivity index (χ4n) is 1.98. The van der Waals surface area contributed by atoms with Crippen molar-refractivity contribution < 1.29 is 4.42 Å². The van der Waals surface area contributed by atoms with E-state index in [0.29, 0.717) is 0 Å². The quantitative estimate of drug-likeness (QED) is 0.768. The van der Waals surface area contributed by atoms with Crippen LogP contribution >= 0.6 is 0 Å². The van der Waals surface area contributed by atoms with Gasteiger partial charge in [0.1, 0.15) is 11.5 Å². The second kappa shape index (κ2) is 5.77. The van der Waals surface area contributed by atoms with Gasteiger partial charge < -0.3 is 4.42 Å². The van der Waals surface area contributed by atoms with Gasteiger partial charge in [0.2, 0.25) is 0 Å². The monoisotopic (exact) mass is 219 g/mol. The van der Waals surface area contributed by atoms with E-state index in [1.165, 1.54) is 5.56 Å². The normalized spacial score (nSPS) is 14.4. The number of aryl methyl sites for hydroxylation is 2. The van der Waals surface area contributed by atoms with Crippen molar-refractivity contribution in [2.45, 2.75) is 52.6 Å². The molecule has 0 spiro atoms. The van der Waals surface area contributed by atoms with Crippen LogP contribution in [-0.2, 0) is 0 Å². The van der Waals surface area contributed by atoms with Gasteiger partial charge in [0.05, 0.1) is 6.04 Å². The first kappa shape index (κ1) is 12.9. The molecule has 16 heavy (non-hydrogen) atoms. The Kier molecular flexibility index (Phi) is 4.64. The first-order chi connectivity index (χ1) is 7.58. The van der Waals surface area contributed by atoms with Crippen LogP contribution in [0.2, 0.25) is 0 Å². The molecule has 2 atom stereocenters. The zero-order valence-corrected chi connectivity index (χ0v) is 10.6. The molecule has 0 aliphatic rings. The van der Waals surface area contributed by atoms with Gasteiger partial charge in [-0.3, -0.25) is 5.32 Å². The van der Waals surface area contributed by atoms with E-state index < -0.39 is 0 Å². The predicted molar refractivity (Wildman–Crippen MR) is 67.3 cm³/mol. The summed E-state index contributed by atoms with van der Waals surface area (Å²) < 4.78 is 5.52. The van der Waals surface area contributed by atoms with Crippen LogP contribution < -0.4 is 5.32 Å². The van der Waals surface area contributed by atoms with Crippen LogP contribution in [-0.4, -0.2) is 6.04 Å². The molecule has 0 saturated carbocycles. The van der Waals surface area contributed by atoms with Gasteiger partial charge in [-0.1, -0.05) is 19.3 Å². The molecule has 2 nitrogen and oxygen atoms in total. The molecule has 2 unspecified atom stereocenters. The molecular formula is C14H21NO. The standard InChI is InChI=1S/C14H21NO/c1-6-8-13(7-2)15-11(4)14-9-10(3)16-12(14)5/h2,9,11,13,15H,6,8H2,1,3-5H3. The number of terminal acetylenes is 1. The average molecular weight is 219 g/mol. The Morgan fingerprint density at radius 3 is 2.62 bits per heavy atom. The number of hydrogen-bond acceptors (Lipinski definition) is 2. The molecule has 0 fully saturated rings. The summed E-state index contributed by atoms with van der Waals surface area (Å²) >= 11 is 0. The van der Waals surface area contributed by atoms with Crippen LogP contribution in [0.1, 0.15) is 49.8 Å². The Morgan fingerprint density at radius 2 is 2.19 bits per heavy atom. The lowest BCUT2D eigenvalue weighted by Gasteiger charge is -2.18. The topological polar surface area (TPSA) is 25.2 Å². The molecule has 1 aromatic heterocycles. The van der Waals surface area contributed by atoms with Gasteiger partial charge in [-0.15, -0.1) is 6.42 Å². The van der Waals surface area contributed by atoms with Crippen molar-refractivity contribution in [3.8, 4) is 12.3 Å². The van der Waals surface area contributed by atoms with Crippen molar-refractivity contribution in [3.05, 3.63) is 23.2 Å². The predicted octanol–water partition coefficient (Wildman–Crippen LogP) is 3.35. The molecule has 0 amide bonds. The lowest BCUT2D eigenvalue weighted by Crippen LogP contribution is -2.30. The van der Waals surface area contributed by atoms with Crippen molar-refractivity contribution >= 4 is 0 Å². The molecule has 0 radical (unpaired) electrons. The second-order valence-corrected chi connectivity index (χ2v) is 4.26. The Morgan fingerprint density at radius 1 is 1.50 bits per heavy atom. The van der Waals surface area contributed by atoms with Crippen LogP contribution in [0.4, 0.5) is 0 Å². The Balaban J connectivity index is 2.68. The fourth-order valence-corrected chi connectivity index (χ4v) is 1.98. The molecule has 0 aromatic carbocycles. The third kappa shape index (κ3) is 3.15. The van der Waals surface area contributed by atoms with Crippen molar-refractivity contribution in [1.29, 1.82) is 0 Å². The van der Waals surface area contributed by atoms with Crippen LogP contribution in [0.25, 0.3) is 0 Å². The molecule has 0 bridgehead atoms. The summed E-state index contributed by atoms with van der Waals surface area (Å²) in [5.74, 6) is 4.72. The molecule has 2 heteroatoms. The molecule has 0 saturated heterocycles. The molecule has 1 rings (SSSR count). The fraction of sp³-hybridized carbons (Fsp3) is 0.571. The highest BCUT2D eigenvalue weighted by Gasteiger charge is 2.15. The lowest BCUT2D eigenvalue weighted by molar-refractivity contribution is 0.470. The van der Waals surface area contributed by atoms with E-state index in [0.717, 1.165) is 24.4 Å².